The van der Waals surface area contributed by atoms with Gasteiger partial charge < -0.3 is 12.3 Å². The molecule has 0 unspecified atom stereocenters. The van der Waals surface area contributed by atoms with E-state index in [1.807, 2.05) is 12.1 Å². The lowest BCUT2D eigenvalue weighted by Gasteiger charge is -2.10. The predicted octanol–water partition coefficient (Wildman–Crippen LogP) is 0.400. The van der Waals surface area contributed by atoms with E-state index in [1.165, 1.54) is 11.1 Å². The van der Waals surface area contributed by atoms with Crippen LogP contribution in [0.15, 0.2) is 60.7 Å². The molecule has 0 saturated carbocycles. The van der Waals surface area contributed by atoms with Gasteiger partial charge in [-0.1, -0.05) is 60.7 Å². The summed E-state index contributed by atoms with van der Waals surface area (Å²) in [5, 5.41) is 0. The van der Waals surface area contributed by atoms with Gasteiger partial charge in [-0.25, -0.2) is 0 Å². The minimum Gasteiger partial charge on any atom is -0.425 e. The van der Waals surface area contributed by atoms with Crippen molar-refractivity contribution < 1.29 is 12.3 Å². The average molecular weight is 293 g/mol. The Morgan fingerprint density at radius 3 is 1.11 bits per heavy atom. The van der Waals surface area contributed by atoms with Crippen molar-refractivity contribution in [2.45, 2.75) is 0 Å². The van der Waals surface area contributed by atoms with Gasteiger partial charge in [0, 0.05) is 0 Å². The monoisotopic (exact) mass is 292 g/mol. The van der Waals surface area contributed by atoms with Crippen molar-refractivity contribution in [3.05, 3.63) is 60.7 Å². The van der Waals surface area contributed by atoms with Crippen molar-refractivity contribution >= 4 is 30.0 Å². The molecular formula is C12H16O3Si3. The Labute approximate surface area is 114 Å². The molecule has 0 bridgehead atoms. The highest BCUT2D eigenvalue weighted by Gasteiger charge is 1.97. The summed E-state index contributed by atoms with van der Waals surface area (Å²) in [5.74, 6) is 0. The molecule has 0 amide bonds. The van der Waals surface area contributed by atoms with Crippen LogP contribution in [0.1, 0.15) is 0 Å². The molecule has 1 fully saturated rings. The molecule has 1 saturated heterocycles. The first-order valence-electron chi connectivity index (χ1n) is 5.80. The van der Waals surface area contributed by atoms with Crippen LogP contribution in [-0.2, 0) is 12.3 Å². The fourth-order valence-electron chi connectivity index (χ4n) is 1.54. The van der Waals surface area contributed by atoms with Crippen LogP contribution in [0.25, 0.3) is 11.1 Å². The van der Waals surface area contributed by atoms with Gasteiger partial charge in [0.2, 0.25) is 0 Å². The summed E-state index contributed by atoms with van der Waals surface area (Å²) in [7, 11) is -1.48. The minimum absolute atomic E-state index is 0.493. The van der Waals surface area contributed by atoms with Gasteiger partial charge in [0.1, 0.15) is 0 Å². The summed E-state index contributed by atoms with van der Waals surface area (Å²) in [6.07, 6.45) is 0. The van der Waals surface area contributed by atoms with Gasteiger partial charge in [0.05, 0.1) is 0 Å². The molecule has 2 aromatic rings. The van der Waals surface area contributed by atoms with Crippen LogP contribution >= 0.6 is 0 Å². The van der Waals surface area contributed by atoms with Crippen LogP contribution in [0.3, 0.4) is 0 Å². The normalized spacial score (nSPS) is 18.4. The summed E-state index contributed by atoms with van der Waals surface area (Å²) in [6.45, 7) is 0. The first-order valence-corrected chi connectivity index (χ1v) is 9.27. The standard InChI is InChI=1S/C12H10.H6O3Si3/c1-3-7-11(8-4-1)12-9-5-2-6-10-12;1-4-2-6-3-5-1/h1-10H;4-6H2. The minimum atomic E-state index is -0.493. The van der Waals surface area contributed by atoms with Crippen molar-refractivity contribution in [3.63, 3.8) is 0 Å². The van der Waals surface area contributed by atoms with Gasteiger partial charge in [-0.05, 0) is 11.1 Å². The number of hydrogen-bond donors (Lipinski definition) is 0. The molecule has 0 spiro atoms. The molecule has 2 aromatic carbocycles. The summed E-state index contributed by atoms with van der Waals surface area (Å²) in [5.41, 5.74) is 2.55. The molecule has 94 valence electrons. The summed E-state index contributed by atoms with van der Waals surface area (Å²) in [6, 6.07) is 20.8. The second-order valence-corrected chi connectivity index (χ2v) is 9.30. The average Bonchev–Trinajstić information content (AvgIpc) is 2.51. The van der Waals surface area contributed by atoms with E-state index in [-0.39, 0.29) is 0 Å². The Morgan fingerprint density at radius 2 is 0.833 bits per heavy atom. The van der Waals surface area contributed by atoms with Gasteiger partial charge in [-0.3, -0.25) is 0 Å². The largest absolute Gasteiger partial charge is 0.425 e. The van der Waals surface area contributed by atoms with E-state index in [9.17, 15) is 0 Å². The molecule has 3 rings (SSSR count). The highest BCUT2D eigenvalue weighted by Crippen LogP contribution is 2.17. The Morgan fingerprint density at radius 1 is 0.500 bits per heavy atom. The molecule has 0 N–H and O–H groups in total. The van der Waals surface area contributed by atoms with Crippen molar-refractivity contribution in [2.75, 3.05) is 0 Å². The molecule has 6 heteroatoms. The van der Waals surface area contributed by atoms with Gasteiger partial charge >= 0.3 is 0 Å². The summed E-state index contributed by atoms with van der Waals surface area (Å²) < 4.78 is 14.8. The fourth-order valence-corrected chi connectivity index (χ4v) is 6.95. The third-order valence-corrected chi connectivity index (χ3v) is 6.38. The smallest absolute Gasteiger partial charge is 0.286 e. The van der Waals surface area contributed by atoms with Gasteiger partial charge in [0.25, 0.3) is 30.0 Å². The molecule has 0 aromatic heterocycles. The van der Waals surface area contributed by atoms with Crippen molar-refractivity contribution in [1.82, 2.24) is 0 Å². The van der Waals surface area contributed by atoms with Crippen LogP contribution < -0.4 is 0 Å². The van der Waals surface area contributed by atoms with Crippen LogP contribution in [-0.4, -0.2) is 30.0 Å². The zero-order valence-electron chi connectivity index (χ0n) is 10.1. The number of hydrogen-bond acceptors (Lipinski definition) is 3. The Bertz CT molecular complexity index is 386. The first-order chi connectivity index (χ1) is 8.97. The maximum Gasteiger partial charge on any atom is 0.286 e. The Kier molecular flexibility index (Phi) is 6.06. The topological polar surface area (TPSA) is 27.7 Å². The molecule has 3 nitrogen and oxygen atoms in total. The molecule has 0 atom stereocenters. The Balaban J connectivity index is 0.000000169. The molecule has 1 aliphatic rings. The highest BCUT2D eigenvalue weighted by atomic mass is 28.4. The lowest BCUT2D eigenvalue weighted by molar-refractivity contribution is 0.347. The highest BCUT2D eigenvalue weighted by molar-refractivity contribution is 6.50. The summed E-state index contributed by atoms with van der Waals surface area (Å²) >= 11 is 0. The zero-order valence-corrected chi connectivity index (χ0v) is 14.4. The molecule has 1 aliphatic heterocycles. The van der Waals surface area contributed by atoms with Gasteiger partial charge in [0.15, 0.2) is 0 Å². The lowest BCUT2D eigenvalue weighted by Crippen LogP contribution is -2.23. The number of benzene rings is 2. The SMILES string of the molecule is O1[SiH2]O[SiH2]O[SiH2]1.c1ccc(-c2ccccc2)cc1. The molecular weight excluding hydrogens is 276 g/mol. The zero-order chi connectivity index (χ0) is 12.5. The van der Waals surface area contributed by atoms with E-state index in [1.54, 1.807) is 0 Å². The molecule has 0 aliphatic carbocycles. The Hall–Kier alpha value is -1.03. The fraction of sp³-hybridized carbons (Fsp3) is 0. The quantitative estimate of drug-likeness (QED) is 0.712. The van der Waals surface area contributed by atoms with E-state index in [0.29, 0.717) is 0 Å². The number of rotatable bonds is 1. The maximum atomic E-state index is 4.94. The van der Waals surface area contributed by atoms with E-state index in [2.05, 4.69) is 48.5 Å². The van der Waals surface area contributed by atoms with E-state index < -0.39 is 30.0 Å². The van der Waals surface area contributed by atoms with Crippen molar-refractivity contribution in [3.8, 4) is 11.1 Å². The van der Waals surface area contributed by atoms with Crippen molar-refractivity contribution in [1.29, 1.82) is 0 Å². The van der Waals surface area contributed by atoms with E-state index >= 15 is 0 Å². The third-order valence-electron chi connectivity index (χ3n) is 2.38. The molecule has 1 heterocycles. The second-order valence-electron chi connectivity index (χ2n) is 3.70. The lowest BCUT2D eigenvalue weighted by atomic mass is 10.1. The van der Waals surface area contributed by atoms with Crippen LogP contribution in [0.2, 0.25) is 0 Å². The maximum absolute atomic E-state index is 4.94. The van der Waals surface area contributed by atoms with E-state index in [0.717, 1.165) is 0 Å². The third kappa shape index (κ3) is 4.69. The van der Waals surface area contributed by atoms with Crippen LogP contribution in [0.4, 0.5) is 0 Å². The van der Waals surface area contributed by atoms with Gasteiger partial charge in [-0.15, -0.1) is 0 Å². The molecule has 0 radical (unpaired) electrons. The summed E-state index contributed by atoms with van der Waals surface area (Å²) in [4.78, 5) is 0. The van der Waals surface area contributed by atoms with Crippen LogP contribution in [0.5, 0.6) is 0 Å². The molecule has 18 heavy (non-hydrogen) atoms. The van der Waals surface area contributed by atoms with Crippen LogP contribution in [0, 0.1) is 0 Å². The van der Waals surface area contributed by atoms with E-state index in [4.69, 9.17) is 12.3 Å². The van der Waals surface area contributed by atoms with Gasteiger partial charge in [-0.2, -0.15) is 0 Å². The first kappa shape index (κ1) is 13.4. The predicted molar refractivity (Wildman–Crippen MR) is 80.8 cm³/mol. The van der Waals surface area contributed by atoms with Crippen molar-refractivity contribution in [2.24, 2.45) is 0 Å². The second kappa shape index (κ2) is 8.14.